The van der Waals surface area contributed by atoms with Crippen LogP contribution < -0.4 is 11.1 Å². The van der Waals surface area contributed by atoms with Gasteiger partial charge in [-0.1, -0.05) is 25.0 Å². The quantitative estimate of drug-likeness (QED) is 0.837. The normalized spacial score (nSPS) is 21.0. The van der Waals surface area contributed by atoms with Gasteiger partial charge >= 0.3 is 0 Å². The number of hydrogen-bond acceptors (Lipinski definition) is 3. The molecular formula is C17H25N3O. The highest BCUT2D eigenvalue weighted by molar-refractivity contribution is 5.81. The minimum Gasteiger partial charge on any atom is -0.398 e. The number of fused-ring (bicyclic) bond motifs is 1. The Kier molecular flexibility index (Phi) is 4.15. The van der Waals surface area contributed by atoms with E-state index in [0.29, 0.717) is 6.04 Å². The van der Waals surface area contributed by atoms with Crippen molar-refractivity contribution in [3.05, 3.63) is 29.3 Å². The van der Waals surface area contributed by atoms with Crippen LogP contribution in [0.1, 0.15) is 43.7 Å². The van der Waals surface area contributed by atoms with Gasteiger partial charge in [0.15, 0.2) is 0 Å². The van der Waals surface area contributed by atoms with Gasteiger partial charge in [0.05, 0.1) is 6.04 Å². The minimum absolute atomic E-state index is 0.0849. The van der Waals surface area contributed by atoms with Crippen LogP contribution in [-0.4, -0.2) is 29.4 Å². The SMILES string of the molecule is CC(C(=O)NC1CCCC1)N1CCc2cccc(N)c2C1. The average Bonchev–Trinajstić information content (AvgIpc) is 2.99. The molecule has 0 spiro atoms. The van der Waals surface area contributed by atoms with Gasteiger partial charge in [0.2, 0.25) is 5.91 Å². The molecule has 0 radical (unpaired) electrons. The Labute approximate surface area is 126 Å². The molecule has 1 unspecified atom stereocenters. The summed E-state index contributed by atoms with van der Waals surface area (Å²) in [5.41, 5.74) is 9.46. The van der Waals surface area contributed by atoms with Crippen LogP contribution in [0.25, 0.3) is 0 Å². The molecule has 2 aliphatic rings. The lowest BCUT2D eigenvalue weighted by Crippen LogP contribution is -2.49. The van der Waals surface area contributed by atoms with Gasteiger partial charge in [-0.3, -0.25) is 9.69 Å². The molecule has 0 bridgehead atoms. The van der Waals surface area contributed by atoms with Crippen molar-refractivity contribution in [3.8, 4) is 0 Å². The highest BCUT2D eigenvalue weighted by Gasteiger charge is 2.28. The lowest BCUT2D eigenvalue weighted by Gasteiger charge is -2.34. The van der Waals surface area contributed by atoms with Gasteiger partial charge in [0.1, 0.15) is 0 Å². The van der Waals surface area contributed by atoms with E-state index in [-0.39, 0.29) is 11.9 Å². The molecule has 0 saturated heterocycles. The predicted octanol–water partition coefficient (Wildman–Crippen LogP) is 2.07. The zero-order chi connectivity index (χ0) is 14.8. The van der Waals surface area contributed by atoms with Crippen molar-refractivity contribution in [2.45, 2.75) is 57.7 Å². The Morgan fingerprint density at radius 3 is 2.90 bits per heavy atom. The highest BCUT2D eigenvalue weighted by atomic mass is 16.2. The fraction of sp³-hybridized carbons (Fsp3) is 0.588. The van der Waals surface area contributed by atoms with Crippen molar-refractivity contribution in [1.82, 2.24) is 10.2 Å². The molecule has 3 N–H and O–H groups in total. The van der Waals surface area contributed by atoms with E-state index in [1.807, 2.05) is 19.1 Å². The fourth-order valence-electron chi connectivity index (χ4n) is 3.52. The zero-order valence-corrected chi connectivity index (χ0v) is 12.8. The fourth-order valence-corrected chi connectivity index (χ4v) is 3.52. The van der Waals surface area contributed by atoms with Crippen LogP contribution in [0.4, 0.5) is 5.69 Å². The Hall–Kier alpha value is -1.55. The summed E-state index contributed by atoms with van der Waals surface area (Å²) in [7, 11) is 0. The van der Waals surface area contributed by atoms with E-state index >= 15 is 0 Å². The summed E-state index contributed by atoms with van der Waals surface area (Å²) in [5.74, 6) is 0.167. The van der Waals surface area contributed by atoms with Crippen molar-refractivity contribution in [1.29, 1.82) is 0 Å². The third-order valence-corrected chi connectivity index (χ3v) is 4.97. The molecule has 4 nitrogen and oxygen atoms in total. The maximum absolute atomic E-state index is 12.4. The second-order valence-corrected chi connectivity index (χ2v) is 6.37. The number of hydrogen-bond donors (Lipinski definition) is 2. The molecule has 21 heavy (non-hydrogen) atoms. The third-order valence-electron chi connectivity index (χ3n) is 4.97. The highest BCUT2D eigenvalue weighted by Crippen LogP contribution is 2.25. The smallest absolute Gasteiger partial charge is 0.237 e. The summed E-state index contributed by atoms with van der Waals surface area (Å²) in [5, 5.41) is 3.20. The van der Waals surface area contributed by atoms with Crippen LogP contribution in [0, 0.1) is 0 Å². The summed E-state index contributed by atoms with van der Waals surface area (Å²) in [6.07, 6.45) is 5.73. The van der Waals surface area contributed by atoms with E-state index in [9.17, 15) is 4.79 Å². The first kappa shape index (κ1) is 14.4. The number of carbonyl (C=O) groups excluding carboxylic acids is 1. The molecule has 1 saturated carbocycles. The van der Waals surface area contributed by atoms with Crippen molar-refractivity contribution >= 4 is 11.6 Å². The molecule has 1 heterocycles. The maximum Gasteiger partial charge on any atom is 0.237 e. The first-order valence-electron chi connectivity index (χ1n) is 8.06. The van der Waals surface area contributed by atoms with Gasteiger partial charge in [-0.25, -0.2) is 0 Å². The van der Waals surface area contributed by atoms with Crippen molar-refractivity contribution in [2.75, 3.05) is 12.3 Å². The monoisotopic (exact) mass is 287 g/mol. The first-order chi connectivity index (χ1) is 10.1. The lowest BCUT2D eigenvalue weighted by molar-refractivity contribution is -0.126. The largest absolute Gasteiger partial charge is 0.398 e. The number of rotatable bonds is 3. The van der Waals surface area contributed by atoms with Gasteiger partial charge in [0.25, 0.3) is 0 Å². The number of carbonyl (C=O) groups is 1. The summed E-state index contributed by atoms with van der Waals surface area (Å²) >= 11 is 0. The molecule has 4 heteroatoms. The number of anilines is 1. The lowest BCUT2D eigenvalue weighted by atomic mass is 9.97. The predicted molar refractivity (Wildman–Crippen MR) is 84.8 cm³/mol. The van der Waals surface area contributed by atoms with Gasteiger partial charge in [-0.05, 0) is 43.4 Å². The minimum atomic E-state index is -0.0849. The van der Waals surface area contributed by atoms with Crippen LogP contribution in [0.3, 0.4) is 0 Å². The molecule has 1 amide bonds. The molecule has 1 aliphatic carbocycles. The number of nitrogens with one attached hydrogen (secondary N) is 1. The van der Waals surface area contributed by atoms with Crippen LogP contribution in [0.15, 0.2) is 18.2 Å². The van der Waals surface area contributed by atoms with Gasteiger partial charge in [-0.2, -0.15) is 0 Å². The van der Waals surface area contributed by atoms with Crippen LogP contribution in [-0.2, 0) is 17.8 Å². The van der Waals surface area contributed by atoms with Crippen LogP contribution in [0.2, 0.25) is 0 Å². The maximum atomic E-state index is 12.4. The van der Waals surface area contributed by atoms with E-state index < -0.39 is 0 Å². The summed E-state index contributed by atoms with van der Waals surface area (Å²) < 4.78 is 0. The molecule has 1 aromatic rings. The number of amides is 1. The van der Waals surface area contributed by atoms with E-state index in [2.05, 4.69) is 16.3 Å². The van der Waals surface area contributed by atoms with Gasteiger partial charge in [-0.15, -0.1) is 0 Å². The molecular weight excluding hydrogens is 262 g/mol. The second kappa shape index (κ2) is 6.06. The topological polar surface area (TPSA) is 58.4 Å². The number of benzene rings is 1. The van der Waals surface area contributed by atoms with E-state index in [0.717, 1.165) is 38.0 Å². The van der Waals surface area contributed by atoms with Crippen molar-refractivity contribution < 1.29 is 4.79 Å². The molecule has 1 aromatic carbocycles. The Morgan fingerprint density at radius 2 is 2.14 bits per heavy atom. The molecule has 1 fully saturated rings. The summed E-state index contributed by atoms with van der Waals surface area (Å²) in [4.78, 5) is 14.7. The number of nitrogens with zero attached hydrogens (tertiary/aromatic N) is 1. The zero-order valence-electron chi connectivity index (χ0n) is 12.8. The molecule has 114 valence electrons. The second-order valence-electron chi connectivity index (χ2n) is 6.37. The number of nitrogens with two attached hydrogens (primary N) is 1. The Bertz CT molecular complexity index is 523. The van der Waals surface area contributed by atoms with Crippen LogP contribution >= 0.6 is 0 Å². The van der Waals surface area contributed by atoms with Crippen molar-refractivity contribution in [2.24, 2.45) is 0 Å². The third kappa shape index (κ3) is 3.05. The van der Waals surface area contributed by atoms with E-state index in [1.165, 1.54) is 24.0 Å². The Morgan fingerprint density at radius 1 is 1.38 bits per heavy atom. The standard InChI is InChI=1S/C17H25N3O/c1-12(17(21)19-14-6-2-3-7-14)20-10-9-13-5-4-8-16(18)15(13)11-20/h4-5,8,12,14H,2-3,6-7,9-11,18H2,1H3,(H,19,21). The van der Waals surface area contributed by atoms with Gasteiger partial charge in [0, 0.05) is 24.8 Å². The first-order valence-corrected chi connectivity index (χ1v) is 8.06. The molecule has 3 rings (SSSR count). The molecule has 1 aliphatic heterocycles. The number of nitrogen functional groups attached to an aromatic ring is 1. The summed E-state index contributed by atoms with van der Waals surface area (Å²) in [6, 6.07) is 6.42. The molecule has 0 aromatic heterocycles. The van der Waals surface area contributed by atoms with E-state index in [4.69, 9.17) is 5.73 Å². The van der Waals surface area contributed by atoms with Crippen LogP contribution in [0.5, 0.6) is 0 Å². The summed E-state index contributed by atoms with van der Waals surface area (Å²) in [6.45, 7) is 3.71. The molecule has 1 atom stereocenters. The van der Waals surface area contributed by atoms with E-state index in [1.54, 1.807) is 0 Å². The van der Waals surface area contributed by atoms with Crippen molar-refractivity contribution in [3.63, 3.8) is 0 Å². The Balaban J connectivity index is 1.64. The average molecular weight is 287 g/mol. The van der Waals surface area contributed by atoms with Gasteiger partial charge < -0.3 is 11.1 Å².